The number of hydrogen-bond donors (Lipinski definition) is 0. The van der Waals surface area contributed by atoms with Crippen molar-refractivity contribution in [1.82, 2.24) is 24.9 Å². The van der Waals surface area contributed by atoms with Gasteiger partial charge in [0.2, 0.25) is 5.88 Å². The molecule has 1 aliphatic carbocycles. The highest BCUT2D eigenvalue weighted by atomic mass is 16.5. The molecular weight excluding hydrogens is 334 g/mol. The average Bonchev–Trinajstić information content (AvgIpc) is 3.34. The fourth-order valence-electron chi connectivity index (χ4n) is 4.30. The van der Waals surface area contributed by atoms with E-state index in [0.29, 0.717) is 31.1 Å². The van der Waals surface area contributed by atoms with Crippen LogP contribution in [0.25, 0.3) is 0 Å². The number of rotatable bonds is 2. The Bertz CT molecular complexity index is 865. The summed E-state index contributed by atoms with van der Waals surface area (Å²) in [7, 11) is 1.57. The van der Waals surface area contributed by atoms with Gasteiger partial charge in [-0.2, -0.15) is 0 Å². The third-order valence-electron chi connectivity index (χ3n) is 5.66. The minimum atomic E-state index is -0.0326. The van der Waals surface area contributed by atoms with Crippen LogP contribution in [-0.4, -0.2) is 57.1 Å². The van der Waals surface area contributed by atoms with Crippen LogP contribution in [0.4, 0.5) is 0 Å². The molecule has 2 aliphatic heterocycles. The van der Waals surface area contributed by atoms with Gasteiger partial charge in [0.25, 0.3) is 5.91 Å². The van der Waals surface area contributed by atoms with Crippen molar-refractivity contribution < 1.29 is 14.3 Å². The summed E-state index contributed by atoms with van der Waals surface area (Å²) in [5.74, 6) is 0.397. The minimum Gasteiger partial charge on any atom is -0.480 e. The van der Waals surface area contributed by atoms with E-state index < -0.39 is 0 Å². The smallest absolute Gasteiger partial charge is 0.259 e. The third-order valence-corrected chi connectivity index (χ3v) is 5.66. The molecule has 1 amide bonds. The van der Waals surface area contributed by atoms with Crippen molar-refractivity contribution in [3.05, 3.63) is 34.8 Å². The monoisotopic (exact) mass is 355 g/mol. The van der Waals surface area contributed by atoms with E-state index in [1.165, 1.54) is 5.56 Å². The molecule has 2 atom stereocenters. The maximum absolute atomic E-state index is 13.2. The molecule has 2 aromatic heterocycles. The largest absolute Gasteiger partial charge is 0.480 e. The van der Waals surface area contributed by atoms with Gasteiger partial charge in [0.1, 0.15) is 5.56 Å². The second-order valence-corrected chi connectivity index (χ2v) is 7.13. The minimum absolute atomic E-state index is 0.00679. The molecule has 0 saturated carbocycles. The van der Waals surface area contributed by atoms with E-state index in [1.54, 1.807) is 13.3 Å². The van der Waals surface area contributed by atoms with Gasteiger partial charge < -0.3 is 14.4 Å². The SMILES string of the molecule is COc1nc2c(cc1C(=O)N1CC[C@H]3OCc4cnnn4[C@H]3C1)CCC2. The van der Waals surface area contributed by atoms with Crippen LogP contribution in [0.3, 0.4) is 0 Å². The number of aromatic nitrogens is 4. The van der Waals surface area contributed by atoms with E-state index in [1.807, 2.05) is 15.6 Å². The van der Waals surface area contributed by atoms with Gasteiger partial charge in [-0.05, 0) is 37.3 Å². The van der Waals surface area contributed by atoms with Crippen molar-refractivity contribution in [2.24, 2.45) is 0 Å². The normalized spacial score (nSPS) is 24.0. The predicted octanol–water partition coefficient (Wildman–Crippen LogP) is 1.16. The highest BCUT2D eigenvalue weighted by Crippen LogP contribution is 2.32. The zero-order chi connectivity index (χ0) is 17.7. The first-order valence-electron chi connectivity index (χ1n) is 9.11. The number of amides is 1. The Hall–Kier alpha value is -2.48. The van der Waals surface area contributed by atoms with E-state index in [9.17, 15) is 4.79 Å². The van der Waals surface area contributed by atoms with Crippen LogP contribution >= 0.6 is 0 Å². The molecule has 8 nitrogen and oxygen atoms in total. The van der Waals surface area contributed by atoms with Crippen molar-refractivity contribution in [2.75, 3.05) is 20.2 Å². The van der Waals surface area contributed by atoms with Gasteiger partial charge in [-0.3, -0.25) is 4.79 Å². The number of carbonyl (C=O) groups excluding carboxylic acids is 1. The summed E-state index contributed by atoms with van der Waals surface area (Å²) in [6, 6.07) is 1.98. The second-order valence-electron chi connectivity index (χ2n) is 7.13. The lowest BCUT2D eigenvalue weighted by atomic mass is 9.99. The number of carbonyl (C=O) groups is 1. The van der Waals surface area contributed by atoms with Crippen molar-refractivity contribution in [3.8, 4) is 5.88 Å². The van der Waals surface area contributed by atoms with Crippen LogP contribution in [-0.2, 0) is 24.2 Å². The lowest BCUT2D eigenvalue weighted by Crippen LogP contribution is -2.50. The van der Waals surface area contributed by atoms with Crippen LogP contribution in [0.2, 0.25) is 0 Å². The van der Waals surface area contributed by atoms with Gasteiger partial charge in [-0.25, -0.2) is 9.67 Å². The zero-order valence-corrected chi connectivity index (χ0v) is 14.7. The van der Waals surface area contributed by atoms with E-state index in [4.69, 9.17) is 9.47 Å². The number of aryl methyl sites for hydroxylation is 2. The molecule has 1 saturated heterocycles. The molecule has 0 spiro atoms. The average molecular weight is 355 g/mol. The summed E-state index contributed by atoms with van der Waals surface area (Å²) in [6.07, 6.45) is 5.62. The fraction of sp³-hybridized carbons (Fsp3) is 0.556. The van der Waals surface area contributed by atoms with E-state index in [2.05, 4.69) is 15.3 Å². The first-order valence-corrected chi connectivity index (χ1v) is 9.11. The number of likely N-dealkylation sites (tertiary alicyclic amines) is 1. The molecule has 0 N–H and O–H groups in total. The molecular formula is C18H21N5O3. The number of hydrogen-bond acceptors (Lipinski definition) is 6. The highest BCUT2D eigenvalue weighted by Gasteiger charge is 2.38. The third kappa shape index (κ3) is 2.39. The summed E-state index contributed by atoms with van der Waals surface area (Å²) in [6.45, 7) is 1.75. The number of piperidine rings is 1. The number of methoxy groups -OCH3 is 1. The number of fused-ring (bicyclic) bond motifs is 4. The summed E-state index contributed by atoms with van der Waals surface area (Å²) in [5.41, 5.74) is 3.74. The van der Waals surface area contributed by atoms with Crippen LogP contribution < -0.4 is 4.74 Å². The summed E-state index contributed by atoms with van der Waals surface area (Å²) in [4.78, 5) is 19.7. The Morgan fingerprint density at radius 1 is 1.38 bits per heavy atom. The predicted molar refractivity (Wildman–Crippen MR) is 91.0 cm³/mol. The van der Waals surface area contributed by atoms with Gasteiger partial charge in [0.05, 0.1) is 37.8 Å². The van der Waals surface area contributed by atoms with Crippen molar-refractivity contribution in [3.63, 3.8) is 0 Å². The molecule has 136 valence electrons. The molecule has 5 rings (SSSR count). The summed E-state index contributed by atoms with van der Waals surface area (Å²) >= 11 is 0. The summed E-state index contributed by atoms with van der Waals surface area (Å²) in [5, 5.41) is 8.19. The van der Waals surface area contributed by atoms with Gasteiger partial charge in [-0.15, -0.1) is 5.10 Å². The molecule has 0 bridgehead atoms. The van der Waals surface area contributed by atoms with E-state index in [-0.39, 0.29) is 18.1 Å². The van der Waals surface area contributed by atoms with Crippen LogP contribution in [0.5, 0.6) is 5.88 Å². The van der Waals surface area contributed by atoms with Gasteiger partial charge in [0, 0.05) is 18.8 Å². The number of ether oxygens (including phenoxy) is 2. The second kappa shape index (κ2) is 6.05. The fourth-order valence-corrected chi connectivity index (χ4v) is 4.30. The molecule has 0 radical (unpaired) electrons. The molecule has 4 heterocycles. The van der Waals surface area contributed by atoms with Crippen LogP contribution in [0, 0.1) is 0 Å². The molecule has 26 heavy (non-hydrogen) atoms. The maximum Gasteiger partial charge on any atom is 0.259 e. The maximum atomic E-state index is 13.2. The Morgan fingerprint density at radius 2 is 2.31 bits per heavy atom. The van der Waals surface area contributed by atoms with Crippen molar-refractivity contribution >= 4 is 5.91 Å². The Kier molecular flexibility index (Phi) is 3.66. The Labute approximate surface area is 151 Å². The summed E-state index contributed by atoms with van der Waals surface area (Å²) < 4.78 is 13.3. The molecule has 0 unspecified atom stereocenters. The number of pyridine rings is 1. The van der Waals surface area contributed by atoms with E-state index in [0.717, 1.165) is 37.1 Å². The quantitative estimate of drug-likeness (QED) is 0.804. The zero-order valence-electron chi connectivity index (χ0n) is 14.7. The van der Waals surface area contributed by atoms with Gasteiger partial charge >= 0.3 is 0 Å². The van der Waals surface area contributed by atoms with E-state index >= 15 is 0 Å². The van der Waals surface area contributed by atoms with Gasteiger partial charge in [-0.1, -0.05) is 5.21 Å². The van der Waals surface area contributed by atoms with Crippen molar-refractivity contribution in [1.29, 1.82) is 0 Å². The molecule has 0 aromatic carbocycles. The Morgan fingerprint density at radius 3 is 3.19 bits per heavy atom. The number of nitrogens with zero attached hydrogens (tertiary/aromatic N) is 5. The Balaban J connectivity index is 1.44. The lowest BCUT2D eigenvalue weighted by molar-refractivity contribution is -0.0605. The van der Waals surface area contributed by atoms with Crippen LogP contribution in [0.15, 0.2) is 12.3 Å². The van der Waals surface area contributed by atoms with Crippen LogP contribution in [0.1, 0.15) is 46.2 Å². The molecule has 1 fully saturated rings. The first-order chi connectivity index (χ1) is 12.7. The van der Waals surface area contributed by atoms with Gasteiger partial charge in [0.15, 0.2) is 0 Å². The van der Waals surface area contributed by atoms with Crippen molar-refractivity contribution in [2.45, 2.75) is 44.4 Å². The topological polar surface area (TPSA) is 82.4 Å². The molecule has 3 aliphatic rings. The highest BCUT2D eigenvalue weighted by molar-refractivity contribution is 5.96. The standard InChI is InChI=1S/C18H21N5O3/c1-25-17-13(7-11-3-2-4-14(11)20-17)18(24)22-6-5-16-15(9-22)23-12(10-26-16)8-19-21-23/h7-8,15-16H,2-6,9-10H2,1H3/t15-,16+/m0/s1. The molecule has 8 heteroatoms. The first kappa shape index (κ1) is 15.7. The lowest BCUT2D eigenvalue weighted by Gasteiger charge is -2.41. The molecule has 2 aromatic rings.